The smallest absolute Gasteiger partial charge is 0.237 e. The van der Waals surface area contributed by atoms with Gasteiger partial charge in [-0.3, -0.25) is 9.59 Å². The lowest BCUT2D eigenvalue weighted by atomic mass is 9.92. The molecule has 0 spiro atoms. The van der Waals surface area contributed by atoms with Gasteiger partial charge in [0.25, 0.3) is 0 Å². The minimum atomic E-state index is -0.441. The summed E-state index contributed by atoms with van der Waals surface area (Å²) in [6.07, 6.45) is 2.51. The molecule has 1 unspecified atom stereocenters. The summed E-state index contributed by atoms with van der Waals surface area (Å²) in [6, 6.07) is -0.305. The van der Waals surface area contributed by atoms with Gasteiger partial charge in [-0.25, -0.2) is 0 Å². The lowest BCUT2D eigenvalue weighted by Gasteiger charge is -2.36. The molecule has 2 amide bonds. The van der Waals surface area contributed by atoms with E-state index in [1.54, 1.807) is 0 Å². The SMILES string of the molecule is CCC(C)[C@H](N)C(=O)NC1CCN(C(=O)C(C)(C)C)CC1. The number of carbonyl (C=O) groups is 2. The maximum absolute atomic E-state index is 12.2. The molecule has 0 saturated carbocycles. The van der Waals surface area contributed by atoms with Gasteiger partial charge < -0.3 is 16.0 Å². The van der Waals surface area contributed by atoms with Gasteiger partial charge in [-0.1, -0.05) is 41.0 Å². The second kappa shape index (κ2) is 7.25. The normalized spacial score (nSPS) is 20.0. The molecule has 5 heteroatoms. The minimum absolute atomic E-state index is 0.0649. The number of nitrogens with one attached hydrogen (secondary N) is 1. The summed E-state index contributed by atoms with van der Waals surface area (Å²) in [7, 11) is 0. The van der Waals surface area contributed by atoms with Crippen LogP contribution in [0.5, 0.6) is 0 Å². The monoisotopic (exact) mass is 297 g/mol. The number of nitrogens with two attached hydrogens (primary N) is 1. The predicted octanol–water partition coefficient (Wildman–Crippen LogP) is 1.51. The summed E-state index contributed by atoms with van der Waals surface area (Å²) in [5.41, 5.74) is 5.61. The first-order valence-electron chi connectivity index (χ1n) is 8.02. The fourth-order valence-electron chi connectivity index (χ4n) is 2.51. The Hall–Kier alpha value is -1.10. The average Bonchev–Trinajstić information content (AvgIpc) is 2.44. The summed E-state index contributed by atoms with van der Waals surface area (Å²) >= 11 is 0. The Balaban J connectivity index is 2.44. The number of hydrogen-bond donors (Lipinski definition) is 2. The molecule has 122 valence electrons. The van der Waals surface area contributed by atoms with Crippen LogP contribution >= 0.6 is 0 Å². The third-order valence-electron chi connectivity index (χ3n) is 4.33. The van der Waals surface area contributed by atoms with Crippen molar-refractivity contribution >= 4 is 11.8 Å². The molecule has 0 aliphatic carbocycles. The van der Waals surface area contributed by atoms with Crippen LogP contribution in [0.25, 0.3) is 0 Å². The highest BCUT2D eigenvalue weighted by Gasteiger charge is 2.31. The Morgan fingerprint density at radius 2 is 1.81 bits per heavy atom. The van der Waals surface area contributed by atoms with E-state index in [1.807, 2.05) is 39.5 Å². The van der Waals surface area contributed by atoms with Gasteiger partial charge in [0.2, 0.25) is 11.8 Å². The van der Waals surface area contributed by atoms with Crippen LogP contribution in [0.15, 0.2) is 0 Å². The number of carbonyl (C=O) groups excluding carboxylic acids is 2. The van der Waals surface area contributed by atoms with E-state index in [2.05, 4.69) is 5.32 Å². The highest BCUT2D eigenvalue weighted by molar-refractivity contribution is 5.82. The Morgan fingerprint density at radius 3 is 2.24 bits per heavy atom. The van der Waals surface area contributed by atoms with Crippen LogP contribution in [0.4, 0.5) is 0 Å². The number of rotatable bonds is 4. The molecule has 1 saturated heterocycles. The summed E-state index contributed by atoms with van der Waals surface area (Å²) in [6.45, 7) is 11.3. The van der Waals surface area contributed by atoms with Crippen LogP contribution in [-0.4, -0.2) is 41.9 Å². The fraction of sp³-hybridized carbons (Fsp3) is 0.875. The van der Waals surface area contributed by atoms with Crippen molar-refractivity contribution in [1.29, 1.82) is 0 Å². The zero-order chi connectivity index (χ0) is 16.2. The Bertz CT molecular complexity index is 368. The number of likely N-dealkylation sites (tertiary alicyclic amines) is 1. The number of nitrogens with zero attached hydrogens (tertiary/aromatic N) is 1. The van der Waals surface area contributed by atoms with E-state index < -0.39 is 6.04 Å². The van der Waals surface area contributed by atoms with Gasteiger partial charge in [-0.05, 0) is 18.8 Å². The number of amides is 2. The van der Waals surface area contributed by atoms with Crippen molar-refractivity contribution in [2.24, 2.45) is 17.1 Å². The third-order valence-corrected chi connectivity index (χ3v) is 4.33. The second-order valence-electron chi connectivity index (χ2n) is 7.24. The molecule has 0 aromatic rings. The largest absolute Gasteiger partial charge is 0.352 e. The third kappa shape index (κ3) is 4.99. The maximum atomic E-state index is 12.2. The van der Waals surface area contributed by atoms with Gasteiger partial charge in [0.1, 0.15) is 0 Å². The molecule has 5 nitrogen and oxygen atoms in total. The van der Waals surface area contributed by atoms with Crippen molar-refractivity contribution in [3.63, 3.8) is 0 Å². The molecule has 1 aliphatic rings. The average molecular weight is 297 g/mol. The second-order valence-corrected chi connectivity index (χ2v) is 7.24. The number of piperidine rings is 1. The van der Waals surface area contributed by atoms with Crippen LogP contribution in [-0.2, 0) is 9.59 Å². The van der Waals surface area contributed by atoms with Crippen LogP contribution in [0.1, 0.15) is 53.9 Å². The fourth-order valence-corrected chi connectivity index (χ4v) is 2.51. The predicted molar refractivity (Wildman–Crippen MR) is 84.6 cm³/mol. The van der Waals surface area contributed by atoms with Crippen LogP contribution < -0.4 is 11.1 Å². The van der Waals surface area contributed by atoms with Crippen molar-refractivity contribution in [3.8, 4) is 0 Å². The van der Waals surface area contributed by atoms with E-state index in [4.69, 9.17) is 5.73 Å². The first-order chi connectivity index (χ1) is 9.66. The summed E-state index contributed by atoms with van der Waals surface area (Å²) in [5.74, 6) is 0.307. The van der Waals surface area contributed by atoms with Crippen molar-refractivity contribution in [2.45, 2.75) is 66.0 Å². The molecule has 1 heterocycles. The van der Waals surface area contributed by atoms with E-state index in [1.165, 1.54) is 0 Å². The topological polar surface area (TPSA) is 75.4 Å². The van der Waals surface area contributed by atoms with Gasteiger partial charge in [0.15, 0.2) is 0 Å². The molecule has 1 aliphatic heterocycles. The van der Waals surface area contributed by atoms with Crippen LogP contribution in [0, 0.1) is 11.3 Å². The first kappa shape index (κ1) is 18.0. The molecule has 0 radical (unpaired) electrons. The van der Waals surface area contributed by atoms with Crippen molar-refractivity contribution in [3.05, 3.63) is 0 Å². The quantitative estimate of drug-likeness (QED) is 0.826. The number of hydrogen-bond acceptors (Lipinski definition) is 3. The van der Waals surface area contributed by atoms with Gasteiger partial charge in [-0.15, -0.1) is 0 Å². The molecule has 1 fully saturated rings. The molecular weight excluding hydrogens is 266 g/mol. The molecule has 0 bridgehead atoms. The Morgan fingerprint density at radius 1 is 1.29 bits per heavy atom. The highest BCUT2D eigenvalue weighted by atomic mass is 16.2. The van der Waals surface area contributed by atoms with E-state index in [9.17, 15) is 9.59 Å². The van der Waals surface area contributed by atoms with Crippen molar-refractivity contribution in [1.82, 2.24) is 10.2 Å². The lowest BCUT2D eigenvalue weighted by Crippen LogP contribution is -2.53. The molecule has 3 N–H and O–H groups in total. The summed E-state index contributed by atoms with van der Waals surface area (Å²) in [4.78, 5) is 26.2. The van der Waals surface area contributed by atoms with Gasteiger partial charge in [-0.2, -0.15) is 0 Å². The Kier molecular flexibility index (Phi) is 6.20. The van der Waals surface area contributed by atoms with E-state index in [0.29, 0.717) is 13.1 Å². The van der Waals surface area contributed by atoms with Crippen LogP contribution in [0.2, 0.25) is 0 Å². The molecule has 2 atom stereocenters. The highest BCUT2D eigenvalue weighted by Crippen LogP contribution is 2.21. The lowest BCUT2D eigenvalue weighted by molar-refractivity contribution is -0.140. The first-order valence-corrected chi connectivity index (χ1v) is 8.02. The van der Waals surface area contributed by atoms with Gasteiger partial charge >= 0.3 is 0 Å². The van der Waals surface area contributed by atoms with Crippen molar-refractivity contribution in [2.75, 3.05) is 13.1 Å². The molecule has 1 rings (SSSR count). The Labute approximate surface area is 128 Å². The van der Waals surface area contributed by atoms with Crippen molar-refractivity contribution < 1.29 is 9.59 Å². The van der Waals surface area contributed by atoms with Gasteiger partial charge in [0, 0.05) is 24.5 Å². The minimum Gasteiger partial charge on any atom is -0.352 e. The molecular formula is C16H31N3O2. The standard InChI is InChI=1S/C16H31N3O2/c1-6-11(2)13(17)14(20)18-12-7-9-19(10-8-12)15(21)16(3,4)5/h11-13H,6-10,17H2,1-5H3,(H,18,20)/t11?,13-/m0/s1. The van der Waals surface area contributed by atoms with E-state index >= 15 is 0 Å². The zero-order valence-electron chi connectivity index (χ0n) is 14.1. The zero-order valence-corrected chi connectivity index (χ0v) is 14.1. The molecule has 0 aromatic heterocycles. The van der Waals surface area contributed by atoms with Gasteiger partial charge in [0.05, 0.1) is 6.04 Å². The summed E-state index contributed by atoms with van der Waals surface area (Å²) < 4.78 is 0. The van der Waals surface area contributed by atoms with E-state index in [-0.39, 0.29) is 29.2 Å². The van der Waals surface area contributed by atoms with E-state index in [0.717, 1.165) is 19.3 Å². The van der Waals surface area contributed by atoms with Crippen LogP contribution in [0.3, 0.4) is 0 Å². The molecule has 0 aromatic carbocycles. The maximum Gasteiger partial charge on any atom is 0.237 e. The summed E-state index contributed by atoms with van der Waals surface area (Å²) in [5, 5.41) is 3.03. The molecule has 21 heavy (non-hydrogen) atoms.